The van der Waals surface area contributed by atoms with E-state index in [1.165, 1.54) is 16.7 Å². The molecule has 0 bridgehead atoms. The lowest BCUT2D eigenvalue weighted by Crippen LogP contribution is -2.49. The second kappa shape index (κ2) is 10.1. The Hall–Kier alpha value is -3.85. The van der Waals surface area contributed by atoms with Gasteiger partial charge in [-0.3, -0.25) is 4.79 Å². The highest BCUT2D eigenvalue weighted by Crippen LogP contribution is 2.47. The van der Waals surface area contributed by atoms with E-state index < -0.39 is 9.84 Å². The minimum atomic E-state index is -2.84. The lowest BCUT2D eigenvalue weighted by Gasteiger charge is -2.44. The quantitative estimate of drug-likeness (QED) is 0.262. The average molecular weight is 611 g/mol. The molecule has 4 heterocycles. The summed E-state index contributed by atoms with van der Waals surface area (Å²) >= 11 is 0. The molecule has 226 valence electrons. The minimum absolute atomic E-state index is 0.0380. The number of benzene rings is 2. The lowest BCUT2D eigenvalue weighted by atomic mass is 9.74. The van der Waals surface area contributed by atoms with Crippen LogP contribution in [0.2, 0.25) is 0 Å². The number of fused-ring (bicyclic) bond motifs is 2. The van der Waals surface area contributed by atoms with Gasteiger partial charge in [-0.05, 0) is 92.2 Å². The highest BCUT2D eigenvalue weighted by molar-refractivity contribution is 7.92. The Morgan fingerprint density at radius 2 is 1.80 bits per heavy atom. The zero-order valence-electron chi connectivity index (χ0n) is 24.8. The second-order valence-corrected chi connectivity index (χ2v) is 15.4. The zero-order valence-corrected chi connectivity index (χ0v) is 25.6. The van der Waals surface area contributed by atoms with E-state index >= 15 is 4.39 Å². The Morgan fingerprint density at radius 3 is 2.52 bits per heavy atom. The summed E-state index contributed by atoms with van der Waals surface area (Å²) in [5.41, 5.74) is 7.27. The highest BCUT2D eigenvalue weighted by atomic mass is 32.2. The number of amides is 1. The van der Waals surface area contributed by atoms with Crippen molar-refractivity contribution in [1.29, 1.82) is 0 Å². The number of hydrogen-bond donors (Lipinski definition) is 0. The van der Waals surface area contributed by atoms with Crippen LogP contribution in [0.15, 0.2) is 60.2 Å². The van der Waals surface area contributed by atoms with Crippen LogP contribution in [0.3, 0.4) is 0 Å². The average Bonchev–Trinajstić information content (AvgIpc) is 3.75. The van der Waals surface area contributed by atoms with Gasteiger partial charge in [0.25, 0.3) is 5.91 Å². The van der Waals surface area contributed by atoms with Crippen molar-refractivity contribution in [3.05, 3.63) is 94.1 Å². The zero-order chi connectivity index (χ0) is 30.2. The van der Waals surface area contributed by atoms with Crippen molar-refractivity contribution in [2.75, 3.05) is 18.1 Å². The number of halogens is 1. The fourth-order valence-electron chi connectivity index (χ4n) is 7.60. The molecule has 2 aliphatic carbocycles. The fraction of sp³-hybridized carbons (Fsp3) is 0.400. The summed E-state index contributed by atoms with van der Waals surface area (Å²) in [4.78, 5) is 20.5. The maximum Gasteiger partial charge on any atom is 0.273 e. The predicted octanol–water partition coefficient (Wildman–Crippen LogP) is 6.54. The molecule has 4 aromatic rings. The summed E-state index contributed by atoms with van der Waals surface area (Å²) in [5, 5.41) is 4.78. The molecule has 1 saturated heterocycles. The second-order valence-electron chi connectivity index (χ2n) is 13.3. The Morgan fingerprint density at radius 1 is 1.02 bits per heavy atom. The molecule has 7 nitrogen and oxygen atoms in total. The van der Waals surface area contributed by atoms with E-state index in [-0.39, 0.29) is 23.2 Å². The molecule has 3 fully saturated rings. The van der Waals surface area contributed by atoms with E-state index in [0.29, 0.717) is 46.6 Å². The Bertz CT molecular complexity index is 1950. The van der Waals surface area contributed by atoms with E-state index in [9.17, 15) is 13.2 Å². The molecule has 8 rings (SSSR count). The van der Waals surface area contributed by atoms with Crippen LogP contribution >= 0.6 is 0 Å². The van der Waals surface area contributed by atoms with Gasteiger partial charge in [-0.15, -0.1) is 0 Å². The predicted molar refractivity (Wildman–Crippen MR) is 167 cm³/mol. The fourth-order valence-corrected chi connectivity index (χ4v) is 9.95. The summed E-state index contributed by atoms with van der Waals surface area (Å²) in [6, 6.07) is 17.1. The first-order valence-electron chi connectivity index (χ1n) is 15.7. The smallest absolute Gasteiger partial charge is 0.273 e. The SMILES string of the molecule is C[C@@H]1c2ccccc2CCN1C(=O)c1cc(C2CC2)n2nc(-c3ccc(C=C4CCC5(CC4)CS(=O)(=O)C5)cc3F)cc2n1. The summed E-state index contributed by atoms with van der Waals surface area (Å²) in [6.07, 6.45) is 8.39. The van der Waals surface area contributed by atoms with Crippen LogP contribution in [0.25, 0.3) is 23.0 Å². The van der Waals surface area contributed by atoms with Crippen LogP contribution in [0.4, 0.5) is 4.39 Å². The number of carbonyl (C=O) groups excluding carboxylic acids is 1. The largest absolute Gasteiger partial charge is 0.330 e. The molecule has 44 heavy (non-hydrogen) atoms. The molecule has 1 atom stereocenters. The summed E-state index contributed by atoms with van der Waals surface area (Å²) in [7, 11) is -2.84. The van der Waals surface area contributed by atoms with Crippen LogP contribution in [0.5, 0.6) is 0 Å². The van der Waals surface area contributed by atoms with Crippen LogP contribution < -0.4 is 0 Å². The topological polar surface area (TPSA) is 84.6 Å². The Labute approximate surface area is 256 Å². The Kier molecular flexibility index (Phi) is 6.35. The first-order chi connectivity index (χ1) is 21.2. The van der Waals surface area contributed by atoms with Crippen molar-refractivity contribution in [2.45, 2.75) is 63.8 Å². The van der Waals surface area contributed by atoms with E-state index in [2.05, 4.69) is 19.1 Å². The summed E-state index contributed by atoms with van der Waals surface area (Å²) in [5.74, 6) is 0.497. The summed E-state index contributed by atoms with van der Waals surface area (Å²) in [6.45, 7) is 2.71. The number of nitrogens with zero attached hydrogens (tertiary/aromatic N) is 4. The minimum Gasteiger partial charge on any atom is -0.330 e. The third kappa shape index (κ3) is 4.85. The van der Waals surface area contributed by atoms with Crippen LogP contribution in [-0.2, 0) is 16.3 Å². The molecule has 1 spiro atoms. The Balaban J connectivity index is 1.06. The molecule has 2 aromatic carbocycles. The molecule has 9 heteroatoms. The molecule has 1 amide bonds. The van der Waals surface area contributed by atoms with E-state index in [1.54, 1.807) is 22.7 Å². The van der Waals surface area contributed by atoms with Gasteiger partial charge in [0.1, 0.15) is 11.5 Å². The van der Waals surface area contributed by atoms with E-state index in [0.717, 1.165) is 56.2 Å². The van der Waals surface area contributed by atoms with Crippen LogP contribution in [-0.4, -0.2) is 51.9 Å². The van der Waals surface area contributed by atoms with Crippen molar-refractivity contribution in [1.82, 2.24) is 19.5 Å². The molecule has 2 aliphatic heterocycles. The molecule has 0 unspecified atom stereocenters. The van der Waals surface area contributed by atoms with E-state index in [1.807, 2.05) is 35.2 Å². The van der Waals surface area contributed by atoms with Crippen molar-refractivity contribution in [2.24, 2.45) is 5.41 Å². The van der Waals surface area contributed by atoms with Crippen molar-refractivity contribution in [3.8, 4) is 11.3 Å². The summed E-state index contributed by atoms with van der Waals surface area (Å²) < 4.78 is 40.8. The number of allylic oxidation sites excluding steroid dienone is 1. The number of aromatic nitrogens is 3. The van der Waals surface area contributed by atoms with Gasteiger partial charge in [-0.25, -0.2) is 22.3 Å². The van der Waals surface area contributed by atoms with E-state index in [4.69, 9.17) is 10.1 Å². The maximum atomic E-state index is 15.6. The normalized spacial score (nSPS) is 22.1. The standard InChI is InChI=1S/C35H35FN4O3S/c1-22-27-5-3-2-4-25(27)12-15-39(22)34(41)31-18-32(26-7-8-26)40-33(37-31)19-30(38-40)28-9-6-24(17-29(28)36)16-23-10-13-35(14-11-23)20-44(42,43)21-35/h2-6,9,16-19,22,26H,7-8,10-15,20-21H2,1H3/t22-/m1/s1. The van der Waals surface area contributed by atoms with Crippen molar-refractivity contribution < 1.29 is 17.6 Å². The van der Waals surface area contributed by atoms with Crippen molar-refractivity contribution in [3.63, 3.8) is 0 Å². The molecule has 0 N–H and O–H groups in total. The van der Waals surface area contributed by atoms with Gasteiger partial charge in [0, 0.05) is 29.8 Å². The van der Waals surface area contributed by atoms with Crippen LogP contribution in [0.1, 0.15) is 90.3 Å². The molecular weight excluding hydrogens is 575 g/mol. The first kappa shape index (κ1) is 27.7. The monoisotopic (exact) mass is 610 g/mol. The van der Waals surface area contributed by atoms with Gasteiger partial charge in [0.15, 0.2) is 15.5 Å². The third-order valence-electron chi connectivity index (χ3n) is 10.2. The third-order valence-corrected chi connectivity index (χ3v) is 12.3. The van der Waals surface area contributed by atoms with Gasteiger partial charge >= 0.3 is 0 Å². The number of hydrogen-bond acceptors (Lipinski definition) is 5. The number of sulfone groups is 1. The molecule has 4 aliphatic rings. The number of rotatable bonds is 4. The maximum absolute atomic E-state index is 15.6. The molecule has 2 aromatic heterocycles. The van der Waals surface area contributed by atoms with Gasteiger partial charge < -0.3 is 4.90 Å². The van der Waals surface area contributed by atoms with Gasteiger partial charge in [0.2, 0.25) is 0 Å². The first-order valence-corrected chi connectivity index (χ1v) is 17.5. The number of carbonyl (C=O) groups is 1. The molecule has 2 saturated carbocycles. The van der Waals surface area contributed by atoms with Crippen LogP contribution in [0, 0.1) is 11.2 Å². The highest BCUT2D eigenvalue weighted by Gasteiger charge is 2.48. The van der Waals surface area contributed by atoms with Crippen molar-refractivity contribution >= 4 is 27.5 Å². The molecule has 0 radical (unpaired) electrons. The molecular formula is C35H35FN4O3S. The van der Waals surface area contributed by atoms with Gasteiger partial charge in [-0.1, -0.05) is 42.0 Å². The lowest BCUT2D eigenvalue weighted by molar-refractivity contribution is 0.0671. The van der Waals surface area contributed by atoms with Gasteiger partial charge in [0.05, 0.1) is 23.2 Å². The van der Waals surface area contributed by atoms with Gasteiger partial charge in [-0.2, -0.15) is 5.10 Å².